The lowest BCUT2D eigenvalue weighted by Crippen LogP contribution is -2.39. The number of hydrogen-bond donors (Lipinski definition) is 2. The van der Waals surface area contributed by atoms with Gasteiger partial charge in [-0.25, -0.2) is 0 Å². The summed E-state index contributed by atoms with van der Waals surface area (Å²) >= 11 is 0. The van der Waals surface area contributed by atoms with E-state index in [2.05, 4.69) is 45.7 Å². The first-order valence-electron chi connectivity index (χ1n) is 9.14. The summed E-state index contributed by atoms with van der Waals surface area (Å²) < 4.78 is 1.87. The van der Waals surface area contributed by atoms with Gasteiger partial charge in [-0.1, -0.05) is 13.8 Å². The molecule has 0 aromatic carbocycles. The zero-order valence-electron chi connectivity index (χ0n) is 16.6. The van der Waals surface area contributed by atoms with Crippen molar-refractivity contribution in [1.82, 2.24) is 25.3 Å². The second-order valence-electron chi connectivity index (χ2n) is 7.14. The standard InChI is InChI=1S/C18H32N6O.HI/c1-13(2)17-14(12-24(5)22-17)11-23(4)18(19-3)20-10-6-7-16(25)21-15-8-9-15;/h12-13,15H,6-11H2,1-5H3,(H,19,20)(H,21,25);1H. The lowest BCUT2D eigenvalue weighted by molar-refractivity contribution is -0.121. The predicted molar refractivity (Wildman–Crippen MR) is 116 cm³/mol. The molecular weight excluding hydrogens is 443 g/mol. The van der Waals surface area contributed by atoms with Gasteiger partial charge >= 0.3 is 0 Å². The molecule has 0 atom stereocenters. The topological polar surface area (TPSA) is 74.6 Å². The SMILES string of the molecule is CN=C(NCCCC(=O)NC1CC1)N(C)Cc1cn(C)nc1C(C)C.I. The lowest BCUT2D eigenvalue weighted by atomic mass is 10.1. The molecule has 0 spiro atoms. The quantitative estimate of drug-likeness (QED) is 0.261. The molecule has 7 nitrogen and oxygen atoms in total. The molecule has 0 bridgehead atoms. The predicted octanol–water partition coefficient (Wildman–Crippen LogP) is 2.23. The number of carbonyl (C=O) groups is 1. The Labute approximate surface area is 174 Å². The van der Waals surface area contributed by atoms with Crippen LogP contribution in [0.4, 0.5) is 0 Å². The summed E-state index contributed by atoms with van der Waals surface area (Å²) in [6, 6.07) is 0.439. The molecular formula is C18H33IN6O. The second kappa shape index (κ2) is 10.7. The molecule has 1 amide bonds. The minimum absolute atomic E-state index is 0. The molecule has 1 aliphatic carbocycles. The molecule has 0 aliphatic heterocycles. The molecule has 26 heavy (non-hydrogen) atoms. The first-order chi connectivity index (χ1) is 11.9. The highest BCUT2D eigenvalue weighted by molar-refractivity contribution is 14.0. The van der Waals surface area contributed by atoms with Crippen LogP contribution in [-0.2, 0) is 18.4 Å². The highest BCUT2D eigenvalue weighted by Crippen LogP contribution is 2.19. The molecule has 8 heteroatoms. The molecule has 1 saturated carbocycles. The minimum atomic E-state index is 0. The Hall–Kier alpha value is -1.32. The number of nitrogens with zero attached hydrogens (tertiary/aromatic N) is 4. The number of carbonyl (C=O) groups excluding carboxylic acids is 1. The number of nitrogens with one attached hydrogen (secondary N) is 2. The molecule has 0 unspecified atom stereocenters. The van der Waals surface area contributed by atoms with Crippen LogP contribution >= 0.6 is 24.0 Å². The molecule has 148 valence electrons. The maximum Gasteiger partial charge on any atom is 0.220 e. The number of halogens is 1. The van der Waals surface area contributed by atoms with Gasteiger partial charge in [-0.05, 0) is 25.2 Å². The summed E-state index contributed by atoms with van der Waals surface area (Å²) in [4.78, 5) is 18.1. The maximum atomic E-state index is 11.7. The second-order valence-corrected chi connectivity index (χ2v) is 7.14. The van der Waals surface area contributed by atoms with Gasteiger partial charge in [-0.15, -0.1) is 24.0 Å². The molecule has 2 N–H and O–H groups in total. The molecule has 1 aromatic rings. The summed E-state index contributed by atoms with van der Waals surface area (Å²) in [6.07, 6.45) is 5.70. The van der Waals surface area contributed by atoms with Crippen LogP contribution in [0.25, 0.3) is 0 Å². The maximum absolute atomic E-state index is 11.7. The van der Waals surface area contributed by atoms with Crippen molar-refractivity contribution in [3.05, 3.63) is 17.5 Å². The molecule has 1 fully saturated rings. The summed E-state index contributed by atoms with van der Waals surface area (Å²) in [5.41, 5.74) is 2.34. The first kappa shape index (κ1) is 22.7. The van der Waals surface area contributed by atoms with Gasteiger partial charge in [-0.2, -0.15) is 5.10 Å². The number of aliphatic imine (C=N–C) groups is 1. The van der Waals surface area contributed by atoms with Gasteiger partial charge in [0.15, 0.2) is 5.96 Å². The Kier molecular flexibility index (Phi) is 9.38. The van der Waals surface area contributed by atoms with Crippen molar-refractivity contribution < 1.29 is 4.79 Å². The van der Waals surface area contributed by atoms with E-state index >= 15 is 0 Å². The molecule has 2 rings (SSSR count). The highest BCUT2D eigenvalue weighted by Gasteiger charge is 2.22. The summed E-state index contributed by atoms with van der Waals surface area (Å²) in [5.74, 6) is 1.38. The van der Waals surface area contributed by atoms with Crippen LogP contribution in [-0.4, -0.2) is 53.2 Å². The fraction of sp³-hybridized carbons (Fsp3) is 0.722. The fourth-order valence-corrected chi connectivity index (χ4v) is 2.85. The Morgan fingerprint density at radius 2 is 2.15 bits per heavy atom. The van der Waals surface area contributed by atoms with Crippen LogP contribution in [0.5, 0.6) is 0 Å². The van der Waals surface area contributed by atoms with Crippen LogP contribution < -0.4 is 10.6 Å². The van der Waals surface area contributed by atoms with E-state index < -0.39 is 0 Å². The van der Waals surface area contributed by atoms with Crippen LogP contribution in [0.2, 0.25) is 0 Å². The van der Waals surface area contributed by atoms with Gasteiger partial charge in [0.25, 0.3) is 0 Å². The van der Waals surface area contributed by atoms with E-state index in [0.717, 1.165) is 44.0 Å². The van der Waals surface area contributed by atoms with Crippen molar-refractivity contribution in [3.8, 4) is 0 Å². The van der Waals surface area contributed by atoms with E-state index in [0.29, 0.717) is 18.4 Å². The van der Waals surface area contributed by atoms with Crippen LogP contribution in [0, 0.1) is 0 Å². The monoisotopic (exact) mass is 476 g/mol. The average molecular weight is 476 g/mol. The van der Waals surface area contributed by atoms with Crippen molar-refractivity contribution in [2.75, 3.05) is 20.6 Å². The number of rotatable bonds is 8. The van der Waals surface area contributed by atoms with Crippen LogP contribution in [0.3, 0.4) is 0 Å². The third-order valence-corrected chi connectivity index (χ3v) is 4.27. The van der Waals surface area contributed by atoms with Gasteiger partial charge < -0.3 is 15.5 Å². The fourth-order valence-electron chi connectivity index (χ4n) is 2.85. The van der Waals surface area contributed by atoms with Gasteiger partial charge in [0.1, 0.15) is 0 Å². The van der Waals surface area contributed by atoms with E-state index in [-0.39, 0.29) is 29.9 Å². The van der Waals surface area contributed by atoms with Gasteiger partial charge in [0, 0.05) is 58.5 Å². The zero-order chi connectivity index (χ0) is 18.4. The molecule has 0 saturated heterocycles. The number of aryl methyl sites for hydroxylation is 1. The molecule has 0 radical (unpaired) electrons. The Morgan fingerprint density at radius 1 is 1.46 bits per heavy atom. The largest absolute Gasteiger partial charge is 0.356 e. The summed E-state index contributed by atoms with van der Waals surface area (Å²) in [6.45, 7) is 5.81. The first-order valence-corrected chi connectivity index (χ1v) is 9.14. The van der Waals surface area contributed by atoms with Gasteiger partial charge in [0.2, 0.25) is 5.91 Å². The Bertz CT molecular complexity index is 609. The van der Waals surface area contributed by atoms with E-state index in [1.54, 1.807) is 7.05 Å². The average Bonchev–Trinajstić information content (AvgIpc) is 3.28. The third kappa shape index (κ3) is 7.13. The van der Waals surface area contributed by atoms with Gasteiger partial charge in [0.05, 0.1) is 5.69 Å². The summed E-state index contributed by atoms with van der Waals surface area (Å²) in [5, 5.41) is 10.9. The smallest absolute Gasteiger partial charge is 0.220 e. The highest BCUT2D eigenvalue weighted by atomic mass is 127. The van der Waals surface area contributed by atoms with Crippen molar-refractivity contribution in [2.45, 2.75) is 58.0 Å². The van der Waals surface area contributed by atoms with Crippen LogP contribution in [0.1, 0.15) is 56.7 Å². The van der Waals surface area contributed by atoms with Crippen molar-refractivity contribution in [3.63, 3.8) is 0 Å². The normalized spacial score (nSPS) is 14.2. The lowest BCUT2D eigenvalue weighted by Gasteiger charge is -2.22. The van der Waals surface area contributed by atoms with E-state index in [9.17, 15) is 4.79 Å². The van der Waals surface area contributed by atoms with Crippen molar-refractivity contribution >= 4 is 35.8 Å². The zero-order valence-corrected chi connectivity index (χ0v) is 18.9. The van der Waals surface area contributed by atoms with E-state index in [1.165, 1.54) is 5.56 Å². The number of aromatic nitrogens is 2. The molecule has 1 heterocycles. The van der Waals surface area contributed by atoms with Crippen molar-refractivity contribution in [1.29, 1.82) is 0 Å². The van der Waals surface area contributed by atoms with Gasteiger partial charge in [-0.3, -0.25) is 14.5 Å². The van der Waals surface area contributed by atoms with E-state index in [1.807, 2.05) is 18.8 Å². The van der Waals surface area contributed by atoms with Crippen LogP contribution in [0.15, 0.2) is 11.2 Å². The molecule has 1 aliphatic rings. The molecule has 1 aromatic heterocycles. The number of guanidine groups is 1. The number of amides is 1. The third-order valence-electron chi connectivity index (χ3n) is 4.27. The van der Waals surface area contributed by atoms with Crippen molar-refractivity contribution in [2.24, 2.45) is 12.0 Å². The Balaban J connectivity index is 0.00000338. The van der Waals surface area contributed by atoms with E-state index in [4.69, 9.17) is 0 Å². The Morgan fingerprint density at radius 3 is 2.73 bits per heavy atom. The summed E-state index contributed by atoms with van der Waals surface area (Å²) in [7, 11) is 5.76. The number of hydrogen-bond acceptors (Lipinski definition) is 3. The minimum Gasteiger partial charge on any atom is -0.356 e.